The number of amides is 2. The van der Waals surface area contributed by atoms with Gasteiger partial charge in [-0.1, -0.05) is 31.5 Å². The zero-order chi connectivity index (χ0) is 15.3. The molecule has 0 bridgehead atoms. The average molecular weight is 294 g/mol. The molecule has 4 rings (SSSR count). The van der Waals surface area contributed by atoms with Gasteiger partial charge in [0.1, 0.15) is 0 Å². The van der Waals surface area contributed by atoms with Gasteiger partial charge in [-0.25, -0.2) is 4.90 Å². The lowest BCUT2D eigenvalue weighted by atomic mass is 9.71. The lowest BCUT2D eigenvalue weighted by molar-refractivity contribution is -0.123. The standard InChI is InChI=1S/C18H18N2O2/c1-2-11-10-14-13(8-9-19-14)16-15(11)17(21)20(18(16)22)12-6-4-3-5-7-12/h3-9,11,15-16,19H,2,10H2,1H3/t11-,15+,16-/m1/s1. The molecule has 1 aliphatic heterocycles. The van der Waals surface area contributed by atoms with Crippen molar-refractivity contribution in [3.05, 3.63) is 53.9 Å². The maximum atomic E-state index is 13.0. The quantitative estimate of drug-likeness (QED) is 0.866. The highest BCUT2D eigenvalue weighted by atomic mass is 16.2. The largest absolute Gasteiger partial charge is 0.365 e. The van der Waals surface area contributed by atoms with E-state index in [9.17, 15) is 9.59 Å². The molecular weight excluding hydrogens is 276 g/mol. The molecule has 0 unspecified atom stereocenters. The highest BCUT2D eigenvalue weighted by Crippen LogP contribution is 2.47. The fourth-order valence-electron chi connectivity index (χ4n) is 4.00. The number of anilines is 1. The Labute approximate surface area is 129 Å². The summed E-state index contributed by atoms with van der Waals surface area (Å²) >= 11 is 0. The molecule has 1 aromatic carbocycles. The number of nitrogens with zero attached hydrogens (tertiary/aromatic N) is 1. The Morgan fingerprint density at radius 2 is 1.91 bits per heavy atom. The molecule has 2 amide bonds. The summed E-state index contributed by atoms with van der Waals surface area (Å²) in [7, 11) is 0. The molecule has 22 heavy (non-hydrogen) atoms. The van der Waals surface area contributed by atoms with Gasteiger partial charge in [0.05, 0.1) is 17.5 Å². The van der Waals surface area contributed by atoms with Crippen LogP contribution in [0, 0.1) is 11.8 Å². The number of hydrogen-bond donors (Lipinski definition) is 1. The maximum absolute atomic E-state index is 13.0. The second kappa shape index (κ2) is 4.83. The van der Waals surface area contributed by atoms with Gasteiger partial charge in [-0.2, -0.15) is 0 Å². The fourth-order valence-corrected chi connectivity index (χ4v) is 4.00. The third kappa shape index (κ3) is 1.70. The molecule has 4 heteroatoms. The van der Waals surface area contributed by atoms with E-state index in [1.807, 2.05) is 42.6 Å². The summed E-state index contributed by atoms with van der Waals surface area (Å²) in [6.07, 6.45) is 3.63. The molecule has 1 N–H and O–H groups in total. The van der Waals surface area contributed by atoms with Crippen molar-refractivity contribution in [2.75, 3.05) is 4.90 Å². The van der Waals surface area contributed by atoms with Crippen molar-refractivity contribution in [2.24, 2.45) is 11.8 Å². The van der Waals surface area contributed by atoms with E-state index in [-0.39, 0.29) is 29.6 Å². The predicted molar refractivity (Wildman–Crippen MR) is 83.4 cm³/mol. The fraction of sp³-hybridized carbons (Fsp3) is 0.333. The van der Waals surface area contributed by atoms with Crippen LogP contribution in [0.3, 0.4) is 0 Å². The number of benzene rings is 1. The number of carbonyl (C=O) groups excluding carboxylic acids is 2. The second-order valence-electron chi connectivity index (χ2n) is 6.13. The molecular formula is C18H18N2O2. The van der Waals surface area contributed by atoms with E-state index in [4.69, 9.17) is 0 Å². The normalized spacial score (nSPS) is 27.0. The van der Waals surface area contributed by atoms with E-state index in [0.29, 0.717) is 5.69 Å². The predicted octanol–water partition coefficient (Wildman–Crippen LogP) is 2.87. The van der Waals surface area contributed by atoms with E-state index in [1.54, 1.807) is 0 Å². The Morgan fingerprint density at radius 1 is 1.14 bits per heavy atom. The van der Waals surface area contributed by atoms with Crippen LogP contribution in [0.5, 0.6) is 0 Å². The molecule has 1 aromatic heterocycles. The third-order valence-corrected chi connectivity index (χ3v) is 5.07. The molecule has 2 aromatic rings. The third-order valence-electron chi connectivity index (χ3n) is 5.07. The lowest BCUT2D eigenvalue weighted by Crippen LogP contribution is -2.33. The summed E-state index contributed by atoms with van der Waals surface area (Å²) in [6.45, 7) is 2.10. The van der Waals surface area contributed by atoms with Crippen molar-refractivity contribution < 1.29 is 9.59 Å². The molecule has 0 radical (unpaired) electrons. The minimum Gasteiger partial charge on any atom is -0.365 e. The Kier molecular flexibility index (Phi) is 2.93. The number of H-pyrrole nitrogens is 1. The number of carbonyl (C=O) groups is 2. The number of nitrogens with one attached hydrogen (secondary N) is 1. The van der Waals surface area contributed by atoms with Gasteiger partial charge >= 0.3 is 0 Å². The Morgan fingerprint density at radius 3 is 2.64 bits per heavy atom. The first-order valence-electron chi connectivity index (χ1n) is 7.81. The minimum atomic E-state index is -0.326. The molecule has 4 nitrogen and oxygen atoms in total. The monoisotopic (exact) mass is 294 g/mol. The molecule has 3 atom stereocenters. The minimum absolute atomic E-state index is 0.0418. The van der Waals surface area contributed by atoms with Crippen LogP contribution in [0.4, 0.5) is 5.69 Å². The van der Waals surface area contributed by atoms with E-state index in [1.165, 1.54) is 4.90 Å². The number of hydrogen-bond acceptors (Lipinski definition) is 2. The van der Waals surface area contributed by atoms with Crippen LogP contribution in [-0.2, 0) is 16.0 Å². The van der Waals surface area contributed by atoms with Gasteiger partial charge in [0.2, 0.25) is 11.8 Å². The van der Waals surface area contributed by atoms with Crippen molar-refractivity contribution in [3.8, 4) is 0 Å². The number of para-hydroxylation sites is 1. The summed E-state index contributed by atoms with van der Waals surface area (Å²) in [5.41, 5.74) is 2.80. The van der Waals surface area contributed by atoms with Crippen LogP contribution >= 0.6 is 0 Å². The molecule has 1 aliphatic carbocycles. The van der Waals surface area contributed by atoms with Crippen LogP contribution < -0.4 is 4.90 Å². The average Bonchev–Trinajstić information content (AvgIpc) is 3.10. The van der Waals surface area contributed by atoms with Crippen molar-refractivity contribution in [1.29, 1.82) is 0 Å². The topological polar surface area (TPSA) is 53.2 Å². The number of aromatic nitrogens is 1. The Balaban J connectivity index is 1.83. The maximum Gasteiger partial charge on any atom is 0.242 e. The number of aromatic amines is 1. The summed E-state index contributed by atoms with van der Waals surface area (Å²) in [5.74, 6) is -0.449. The Hall–Kier alpha value is -2.36. The van der Waals surface area contributed by atoms with Gasteiger partial charge in [0.25, 0.3) is 0 Å². The number of fused-ring (bicyclic) bond motifs is 3. The molecule has 112 valence electrons. The van der Waals surface area contributed by atoms with Crippen molar-refractivity contribution in [3.63, 3.8) is 0 Å². The smallest absolute Gasteiger partial charge is 0.242 e. The van der Waals surface area contributed by atoms with E-state index < -0.39 is 0 Å². The van der Waals surface area contributed by atoms with Crippen LogP contribution in [-0.4, -0.2) is 16.8 Å². The van der Waals surface area contributed by atoms with E-state index in [2.05, 4.69) is 11.9 Å². The van der Waals surface area contributed by atoms with Crippen molar-refractivity contribution in [2.45, 2.75) is 25.7 Å². The van der Waals surface area contributed by atoms with Crippen LogP contribution in [0.15, 0.2) is 42.6 Å². The van der Waals surface area contributed by atoms with Gasteiger partial charge < -0.3 is 4.98 Å². The van der Waals surface area contributed by atoms with Gasteiger partial charge in [-0.05, 0) is 36.1 Å². The molecule has 1 fully saturated rings. The van der Waals surface area contributed by atoms with Crippen LogP contribution in [0.2, 0.25) is 0 Å². The molecule has 2 aliphatic rings. The first kappa shape index (κ1) is 13.3. The van der Waals surface area contributed by atoms with Gasteiger partial charge in [0.15, 0.2) is 0 Å². The molecule has 2 heterocycles. The summed E-state index contributed by atoms with van der Waals surface area (Å²) in [5, 5.41) is 0. The lowest BCUT2D eigenvalue weighted by Gasteiger charge is -2.29. The van der Waals surface area contributed by atoms with Crippen molar-refractivity contribution >= 4 is 17.5 Å². The number of imide groups is 1. The van der Waals surface area contributed by atoms with E-state index in [0.717, 1.165) is 24.1 Å². The number of rotatable bonds is 2. The van der Waals surface area contributed by atoms with E-state index >= 15 is 0 Å². The molecule has 0 saturated carbocycles. The van der Waals surface area contributed by atoms with Crippen LogP contribution in [0.1, 0.15) is 30.5 Å². The zero-order valence-electron chi connectivity index (χ0n) is 12.5. The van der Waals surface area contributed by atoms with Crippen molar-refractivity contribution in [1.82, 2.24) is 4.98 Å². The van der Waals surface area contributed by atoms with Gasteiger partial charge in [-0.15, -0.1) is 0 Å². The SMILES string of the molecule is CC[C@@H]1Cc2[nH]ccc2[C@H]2C(=O)N(c3ccccc3)C(=O)[C@@H]12. The van der Waals surface area contributed by atoms with Gasteiger partial charge in [-0.3, -0.25) is 9.59 Å². The molecule has 1 saturated heterocycles. The Bertz CT molecular complexity index is 735. The zero-order valence-corrected chi connectivity index (χ0v) is 12.5. The molecule has 0 spiro atoms. The summed E-state index contributed by atoms with van der Waals surface area (Å²) < 4.78 is 0. The van der Waals surface area contributed by atoms with Crippen LogP contribution in [0.25, 0.3) is 0 Å². The second-order valence-corrected chi connectivity index (χ2v) is 6.13. The van der Waals surface area contributed by atoms with Gasteiger partial charge in [0, 0.05) is 11.9 Å². The highest BCUT2D eigenvalue weighted by Gasteiger charge is 2.54. The summed E-state index contributed by atoms with van der Waals surface area (Å²) in [4.78, 5) is 30.5. The first-order chi connectivity index (χ1) is 10.7. The first-order valence-corrected chi connectivity index (χ1v) is 7.81. The highest BCUT2D eigenvalue weighted by molar-refractivity contribution is 6.24. The summed E-state index contributed by atoms with van der Waals surface area (Å²) in [6, 6.07) is 11.2.